The third-order valence-corrected chi connectivity index (χ3v) is 6.39. The number of aromatic nitrogens is 3. The molecule has 1 N–H and O–H groups in total. The Hall–Kier alpha value is -3.39. The minimum atomic E-state index is -0.128. The van der Waals surface area contributed by atoms with Crippen molar-refractivity contribution in [2.75, 3.05) is 19.5 Å². The first kappa shape index (κ1) is 18.6. The second kappa shape index (κ2) is 7.14. The van der Waals surface area contributed by atoms with Gasteiger partial charge in [-0.05, 0) is 36.8 Å². The molecule has 0 radical (unpaired) electrons. The normalized spacial score (nSPS) is 15.7. The fourth-order valence-corrected chi connectivity index (χ4v) is 4.91. The van der Waals surface area contributed by atoms with Gasteiger partial charge in [-0.3, -0.25) is 4.79 Å². The summed E-state index contributed by atoms with van der Waals surface area (Å²) in [5, 5.41) is 8.48. The second-order valence-corrected chi connectivity index (χ2v) is 8.15. The Morgan fingerprint density at radius 2 is 1.93 bits per heavy atom. The molecule has 0 spiro atoms. The molecule has 0 saturated heterocycles. The predicted molar refractivity (Wildman–Crippen MR) is 116 cm³/mol. The van der Waals surface area contributed by atoms with Crippen LogP contribution in [0.4, 0.5) is 5.82 Å². The van der Waals surface area contributed by atoms with Crippen LogP contribution in [0.5, 0.6) is 11.5 Å². The van der Waals surface area contributed by atoms with Crippen LogP contribution in [0.1, 0.15) is 29.2 Å². The number of aryl methyl sites for hydroxylation is 1. The van der Waals surface area contributed by atoms with Crippen molar-refractivity contribution in [1.82, 2.24) is 14.8 Å². The number of carbonyl (C=O) groups is 1. The van der Waals surface area contributed by atoms with Gasteiger partial charge in [0.15, 0.2) is 11.5 Å². The highest BCUT2D eigenvalue weighted by atomic mass is 32.1. The van der Waals surface area contributed by atoms with Crippen LogP contribution in [-0.4, -0.2) is 34.9 Å². The number of benzene rings is 2. The van der Waals surface area contributed by atoms with E-state index in [1.165, 1.54) is 0 Å². The van der Waals surface area contributed by atoms with Crippen LogP contribution in [0.15, 0.2) is 42.5 Å². The van der Waals surface area contributed by atoms with Crippen molar-refractivity contribution in [1.29, 1.82) is 0 Å². The molecule has 5 rings (SSSR count). The Morgan fingerprint density at radius 3 is 2.70 bits per heavy atom. The molecule has 4 aromatic rings. The van der Waals surface area contributed by atoms with Crippen molar-refractivity contribution in [3.63, 3.8) is 0 Å². The molecular formula is C22H20N4O3S. The van der Waals surface area contributed by atoms with Gasteiger partial charge in [0.25, 0.3) is 0 Å². The number of para-hydroxylation sites is 1. The zero-order valence-corrected chi connectivity index (χ0v) is 17.6. The maximum atomic E-state index is 12.6. The number of amides is 1. The summed E-state index contributed by atoms with van der Waals surface area (Å²) >= 11 is 1.55. The first-order valence-corrected chi connectivity index (χ1v) is 10.4. The molecule has 0 fully saturated rings. The lowest BCUT2D eigenvalue weighted by Gasteiger charge is -2.24. The molecular weight excluding hydrogens is 400 g/mol. The van der Waals surface area contributed by atoms with Crippen LogP contribution < -0.4 is 14.8 Å². The zero-order valence-electron chi connectivity index (χ0n) is 16.8. The van der Waals surface area contributed by atoms with E-state index in [-0.39, 0.29) is 11.8 Å². The highest BCUT2D eigenvalue weighted by molar-refractivity contribution is 7.20. The van der Waals surface area contributed by atoms with E-state index in [9.17, 15) is 4.79 Å². The van der Waals surface area contributed by atoms with Gasteiger partial charge in [0.05, 0.1) is 30.1 Å². The largest absolute Gasteiger partial charge is 0.493 e. The van der Waals surface area contributed by atoms with Gasteiger partial charge in [0.2, 0.25) is 11.0 Å². The van der Waals surface area contributed by atoms with Gasteiger partial charge >= 0.3 is 0 Å². The average Bonchev–Trinajstić information content (AvgIpc) is 3.33. The molecule has 1 atom stereocenters. The number of fused-ring (bicyclic) bond motifs is 2. The third-order valence-electron chi connectivity index (χ3n) is 5.38. The molecule has 152 valence electrons. The summed E-state index contributed by atoms with van der Waals surface area (Å²) in [6.45, 7) is 1.97. The van der Waals surface area contributed by atoms with E-state index in [4.69, 9.17) is 19.6 Å². The Bertz CT molecular complexity index is 1240. The van der Waals surface area contributed by atoms with Gasteiger partial charge in [0.1, 0.15) is 5.82 Å². The minimum absolute atomic E-state index is 0.0513. The number of ether oxygens (including phenoxy) is 2. The van der Waals surface area contributed by atoms with Crippen LogP contribution in [0.25, 0.3) is 15.3 Å². The molecule has 1 aliphatic rings. The van der Waals surface area contributed by atoms with E-state index >= 15 is 0 Å². The van der Waals surface area contributed by atoms with Gasteiger partial charge in [-0.25, -0.2) is 4.98 Å². The minimum Gasteiger partial charge on any atom is -0.493 e. The summed E-state index contributed by atoms with van der Waals surface area (Å²) < 4.78 is 13.6. The summed E-state index contributed by atoms with van der Waals surface area (Å²) in [5.41, 5.74) is 3.76. The molecule has 0 bridgehead atoms. The van der Waals surface area contributed by atoms with Crippen molar-refractivity contribution in [3.8, 4) is 16.6 Å². The summed E-state index contributed by atoms with van der Waals surface area (Å²) in [6, 6.07) is 13.7. The maximum absolute atomic E-state index is 12.6. The molecule has 8 heteroatoms. The molecule has 2 aromatic carbocycles. The fourth-order valence-electron chi connectivity index (χ4n) is 3.99. The molecule has 1 amide bonds. The Balaban J connectivity index is 1.65. The van der Waals surface area contributed by atoms with Crippen molar-refractivity contribution < 1.29 is 14.3 Å². The summed E-state index contributed by atoms with van der Waals surface area (Å²) in [4.78, 5) is 17.3. The van der Waals surface area contributed by atoms with Crippen molar-refractivity contribution in [2.45, 2.75) is 19.3 Å². The van der Waals surface area contributed by atoms with E-state index in [1.54, 1.807) is 30.2 Å². The highest BCUT2D eigenvalue weighted by Crippen LogP contribution is 2.43. The number of nitrogens with zero attached hydrogens (tertiary/aromatic N) is 3. The molecule has 1 aliphatic heterocycles. The van der Waals surface area contributed by atoms with Crippen molar-refractivity contribution >= 4 is 33.3 Å². The Labute approximate surface area is 177 Å². The van der Waals surface area contributed by atoms with Crippen LogP contribution in [0.3, 0.4) is 0 Å². The Morgan fingerprint density at radius 1 is 1.13 bits per heavy atom. The SMILES string of the molecule is COc1ccc(C2CC(=O)Nc3c2c(C)nn3-c2nc3ccccc3s2)cc1OC. The molecule has 0 saturated carbocycles. The highest BCUT2D eigenvalue weighted by Gasteiger charge is 2.33. The third kappa shape index (κ3) is 2.91. The molecule has 0 aliphatic carbocycles. The number of rotatable bonds is 4. The summed E-state index contributed by atoms with van der Waals surface area (Å²) in [7, 11) is 3.22. The van der Waals surface area contributed by atoms with Gasteiger partial charge in [0, 0.05) is 17.9 Å². The number of nitrogens with one attached hydrogen (secondary N) is 1. The van der Waals surface area contributed by atoms with Crippen LogP contribution >= 0.6 is 11.3 Å². The predicted octanol–water partition coefficient (Wildman–Crippen LogP) is 4.28. The van der Waals surface area contributed by atoms with Gasteiger partial charge in [-0.15, -0.1) is 0 Å². The van der Waals surface area contributed by atoms with Gasteiger partial charge < -0.3 is 14.8 Å². The van der Waals surface area contributed by atoms with E-state index in [2.05, 4.69) is 5.32 Å². The van der Waals surface area contributed by atoms with Crippen LogP contribution in [0.2, 0.25) is 0 Å². The second-order valence-electron chi connectivity index (χ2n) is 7.14. The van der Waals surface area contributed by atoms with E-state index in [1.807, 2.05) is 49.4 Å². The quantitative estimate of drug-likeness (QED) is 0.533. The first-order valence-electron chi connectivity index (χ1n) is 9.56. The van der Waals surface area contributed by atoms with Crippen LogP contribution in [-0.2, 0) is 4.79 Å². The number of methoxy groups -OCH3 is 2. The first-order chi connectivity index (χ1) is 14.6. The fraction of sp³-hybridized carbons (Fsp3) is 0.227. The molecule has 3 heterocycles. The summed E-state index contributed by atoms with van der Waals surface area (Å²) in [5.74, 6) is 1.80. The number of thiazole rings is 1. The van der Waals surface area contributed by atoms with Crippen molar-refractivity contribution in [3.05, 3.63) is 59.3 Å². The van der Waals surface area contributed by atoms with E-state index in [0.717, 1.165) is 32.2 Å². The number of anilines is 1. The molecule has 7 nitrogen and oxygen atoms in total. The zero-order chi connectivity index (χ0) is 20.8. The standard InChI is InChI=1S/C22H20N4O3S/c1-12-20-14(13-8-9-16(28-2)17(10-13)29-3)11-19(27)24-21(20)26(25-12)22-23-15-6-4-5-7-18(15)30-22/h4-10,14H,11H2,1-3H3,(H,24,27). The van der Waals surface area contributed by atoms with E-state index < -0.39 is 0 Å². The number of carbonyl (C=O) groups excluding carboxylic acids is 1. The van der Waals surface area contributed by atoms with Gasteiger partial charge in [-0.1, -0.05) is 29.5 Å². The lowest BCUT2D eigenvalue weighted by molar-refractivity contribution is -0.116. The van der Waals surface area contributed by atoms with Gasteiger partial charge in [-0.2, -0.15) is 9.78 Å². The monoisotopic (exact) mass is 420 g/mol. The molecule has 1 unspecified atom stereocenters. The molecule has 2 aromatic heterocycles. The maximum Gasteiger partial charge on any atom is 0.226 e. The topological polar surface area (TPSA) is 78.3 Å². The Kier molecular flexibility index (Phi) is 4.43. The number of hydrogen-bond acceptors (Lipinski definition) is 6. The molecule has 30 heavy (non-hydrogen) atoms. The van der Waals surface area contributed by atoms with Crippen molar-refractivity contribution in [2.24, 2.45) is 0 Å². The summed E-state index contributed by atoms with van der Waals surface area (Å²) in [6.07, 6.45) is 0.342. The van der Waals surface area contributed by atoms with Crippen LogP contribution in [0, 0.1) is 6.92 Å². The lowest BCUT2D eigenvalue weighted by atomic mass is 9.85. The van der Waals surface area contributed by atoms with E-state index in [0.29, 0.717) is 23.7 Å². The smallest absolute Gasteiger partial charge is 0.226 e. The lowest BCUT2D eigenvalue weighted by Crippen LogP contribution is -2.25. The average molecular weight is 420 g/mol. The number of hydrogen-bond donors (Lipinski definition) is 1.